The van der Waals surface area contributed by atoms with E-state index >= 15 is 0 Å². The first kappa shape index (κ1) is 13.8. The van der Waals surface area contributed by atoms with Crippen LogP contribution in [0.2, 0.25) is 0 Å². The highest BCUT2D eigenvalue weighted by Crippen LogP contribution is 2.26. The molecule has 3 nitrogen and oxygen atoms in total. The van der Waals surface area contributed by atoms with Gasteiger partial charge in [-0.15, -0.1) is 0 Å². The second kappa shape index (κ2) is 5.85. The minimum atomic E-state index is -2.71. The first-order chi connectivity index (χ1) is 7.90. The van der Waals surface area contributed by atoms with Crippen LogP contribution in [0.3, 0.4) is 0 Å². The first-order valence-electron chi connectivity index (χ1n) is 4.37. The molecule has 1 rings (SSSR count). The van der Waals surface area contributed by atoms with Crippen LogP contribution in [0.5, 0.6) is 0 Å². The number of carbonyl (C=O) groups excluding carboxylic acids is 1. The maximum absolute atomic E-state index is 13.2. The van der Waals surface area contributed by atoms with Gasteiger partial charge in [0.05, 0.1) is 12.2 Å². The van der Waals surface area contributed by atoms with Crippen molar-refractivity contribution < 1.29 is 22.4 Å². The average molecular weight is 315 g/mol. The summed E-state index contributed by atoms with van der Waals surface area (Å²) in [7, 11) is 0. The maximum Gasteiger partial charge on any atom is 0.319 e. The third-order valence-corrected chi connectivity index (χ3v) is 2.29. The summed E-state index contributed by atoms with van der Waals surface area (Å²) in [5, 5.41) is 3.81. The van der Waals surface area contributed by atoms with Crippen LogP contribution in [0, 0.1) is 11.6 Å². The fraction of sp³-hybridized carbons (Fsp3) is 0.222. The topological polar surface area (TPSA) is 41.1 Å². The highest BCUT2D eigenvalue weighted by Gasteiger charge is 2.13. The number of hydrogen-bond donors (Lipinski definition) is 2. The molecule has 1 aromatic rings. The van der Waals surface area contributed by atoms with Crippen LogP contribution in [0.4, 0.5) is 28.0 Å². The third-order valence-electron chi connectivity index (χ3n) is 1.66. The van der Waals surface area contributed by atoms with Crippen LogP contribution in [-0.4, -0.2) is 19.0 Å². The second-order valence-electron chi connectivity index (χ2n) is 2.97. The lowest BCUT2D eigenvalue weighted by Crippen LogP contribution is -2.32. The number of amides is 2. The standard InChI is InChI=1S/C9H7BrF4N2O/c10-5-1-4(11)2-6(12)8(5)16-9(17)15-3-7(13)14/h1-2,7H,3H2,(H2,15,16,17). The number of anilines is 1. The zero-order chi connectivity index (χ0) is 13.0. The summed E-state index contributed by atoms with van der Waals surface area (Å²) in [5.41, 5.74) is -0.321. The SMILES string of the molecule is O=C(NCC(F)F)Nc1c(F)cc(F)cc1Br. The van der Waals surface area contributed by atoms with Crippen molar-refractivity contribution in [3.05, 3.63) is 28.2 Å². The number of alkyl halides is 2. The summed E-state index contributed by atoms with van der Waals surface area (Å²) in [5.74, 6) is -1.84. The molecule has 94 valence electrons. The number of hydrogen-bond acceptors (Lipinski definition) is 1. The molecule has 0 aromatic heterocycles. The predicted molar refractivity (Wildman–Crippen MR) is 57.1 cm³/mol. The van der Waals surface area contributed by atoms with Gasteiger partial charge in [-0.3, -0.25) is 0 Å². The first-order valence-corrected chi connectivity index (χ1v) is 5.17. The molecule has 0 radical (unpaired) electrons. The smallest absolute Gasteiger partial charge is 0.319 e. The normalized spacial score (nSPS) is 10.5. The Morgan fingerprint density at radius 2 is 2.00 bits per heavy atom. The van der Waals surface area contributed by atoms with Crippen LogP contribution in [0.1, 0.15) is 0 Å². The van der Waals surface area contributed by atoms with Gasteiger partial charge in [0.2, 0.25) is 0 Å². The summed E-state index contributed by atoms with van der Waals surface area (Å²) >= 11 is 2.84. The van der Waals surface area contributed by atoms with Crippen molar-refractivity contribution in [3.63, 3.8) is 0 Å². The van der Waals surface area contributed by atoms with Crippen molar-refractivity contribution >= 4 is 27.6 Å². The van der Waals surface area contributed by atoms with Gasteiger partial charge in [0.1, 0.15) is 5.82 Å². The van der Waals surface area contributed by atoms with E-state index in [2.05, 4.69) is 15.9 Å². The summed E-state index contributed by atoms with van der Waals surface area (Å²) in [6.45, 7) is -0.855. The Morgan fingerprint density at radius 3 is 2.53 bits per heavy atom. The number of halogens is 5. The number of urea groups is 1. The van der Waals surface area contributed by atoms with Gasteiger partial charge in [0.25, 0.3) is 6.43 Å². The molecular weight excluding hydrogens is 308 g/mol. The Bertz CT molecular complexity index is 404. The highest BCUT2D eigenvalue weighted by molar-refractivity contribution is 9.10. The van der Waals surface area contributed by atoms with E-state index < -0.39 is 30.6 Å². The quantitative estimate of drug-likeness (QED) is 0.827. The zero-order valence-corrected chi connectivity index (χ0v) is 9.82. The largest absolute Gasteiger partial charge is 0.332 e. The molecule has 0 aliphatic carbocycles. The Hall–Kier alpha value is -1.31. The lowest BCUT2D eigenvalue weighted by atomic mass is 10.3. The summed E-state index contributed by atoms with van der Waals surface area (Å²) in [6.07, 6.45) is -2.71. The molecule has 0 bridgehead atoms. The van der Waals surface area contributed by atoms with Crippen LogP contribution in [-0.2, 0) is 0 Å². The van der Waals surface area contributed by atoms with E-state index in [1.54, 1.807) is 0 Å². The average Bonchev–Trinajstić information content (AvgIpc) is 2.20. The van der Waals surface area contributed by atoms with Gasteiger partial charge in [-0.1, -0.05) is 0 Å². The van der Waals surface area contributed by atoms with Gasteiger partial charge in [0.15, 0.2) is 5.82 Å². The Kier molecular flexibility index (Phi) is 4.73. The van der Waals surface area contributed by atoms with E-state index in [1.807, 2.05) is 10.6 Å². The number of rotatable bonds is 3. The highest BCUT2D eigenvalue weighted by atomic mass is 79.9. The van der Waals surface area contributed by atoms with Crippen LogP contribution in [0.25, 0.3) is 0 Å². The van der Waals surface area contributed by atoms with E-state index in [1.165, 1.54) is 0 Å². The second-order valence-corrected chi connectivity index (χ2v) is 3.82. The van der Waals surface area contributed by atoms with Crippen molar-refractivity contribution in [3.8, 4) is 0 Å². The number of benzene rings is 1. The van der Waals surface area contributed by atoms with Crippen molar-refractivity contribution in [2.45, 2.75) is 6.43 Å². The Labute approximate surface area is 102 Å². The lowest BCUT2D eigenvalue weighted by molar-refractivity contribution is 0.148. The molecule has 0 spiro atoms. The number of carbonyl (C=O) groups is 1. The predicted octanol–water partition coefficient (Wildman–Crippen LogP) is 3.11. The van der Waals surface area contributed by atoms with Crippen LogP contribution >= 0.6 is 15.9 Å². The summed E-state index contributed by atoms with van der Waals surface area (Å²) in [6, 6.07) is 0.496. The monoisotopic (exact) mass is 314 g/mol. The Balaban J connectivity index is 2.72. The molecule has 2 N–H and O–H groups in total. The molecule has 0 saturated heterocycles. The molecule has 0 aliphatic heterocycles. The molecule has 1 aromatic carbocycles. The van der Waals surface area contributed by atoms with Gasteiger partial charge in [-0.05, 0) is 22.0 Å². The molecule has 0 atom stereocenters. The van der Waals surface area contributed by atoms with Gasteiger partial charge >= 0.3 is 6.03 Å². The third kappa shape index (κ3) is 4.22. The summed E-state index contributed by atoms with van der Waals surface area (Å²) in [4.78, 5) is 11.1. The lowest BCUT2D eigenvalue weighted by Gasteiger charge is -2.09. The van der Waals surface area contributed by atoms with E-state index in [0.717, 1.165) is 6.07 Å². The number of nitrogens with one attached hydrogen (secondary N) is 2. The zero-order valence-electron chi connectivity index (χ0n) is 8.24. The van der Waals surface area contributed by atoms with E-state index in [-0.39, 0.29) is 10.2 Å². The van der Waals surface area contributed by atoms with Gasteiger partial charge in [-0.2, -0.15) is 0 Å². The molecule has 8 heteroatoms. The van der Waals surface area contributed by atoms with Gasteiger partial charge in [-0.25, -0.2) is 22.4 Å². The minimum absolute atomic E-state index is 0.0257. The minimum Gasteiger partial charge on any atom is -0.332 e. The molecule has 17 heavy (non-hydrogen) atoms. The van der Waals surface area contributed by atoms with Crippen molar-refractivity contribution in [1.29, 1.82) is 0 Å². The van der Waals surface area contributed by atoms with Crippen molar-refractivity contribution in [2.75, 3.05) is 11.9 Å². The van der Waals surface area contributed by atoms with E-state index in [0.29, 0.717) is 6.07 Å². The Morgan fingerprint density at radius 1 is 1.35 bits per heavy atom. The van der Waals surface area contributed by atoms with E-state index in [4.69, 9.17) is 0 Å². The molecular formula is C9H7BrF4N2O. The fourth-order valence-corrected chi connectivity index (χ4v) is 1.50. The summed E-state index contributed by atoms with van der Waals surface area (Å²) < 4.78 is 49.4. The molecule has 2 amide bonds. The van der Waals surface area contributed by atoms with E-state index in [9.17, 15) is 22.4 Å². The molecule has 0 unspecified atom stereocenters. The van der Waals surface area contributed by atoms with Gasteiger partial charge < -0.3 is 10.6 Å². The van der Waals surface area contributed by atoms with Crippen molar-refractivity contribution in [2.24, 2.45) is 0 Å². The fourth-order valence-electron chi connectivity index (χ4n) is 0.989. The van der Waals surface area contributed by atoms with Crippen LogP contribution < -0.4 is 10.6 Å². The molecule has 0 aliphatic rings. The molecule has 0 saturated carbocycles. The maximum atomic E-state index is 13.2. The van der Waals surface area contributed by atoms with Crippen LogP contribution in [0.15, 0.2) is 16.6 Å². The molecule has 0 fully saturated rings. The van der Waals surface area contributed by atoms with Crippen molar-refractivity contribution in [1.82, 2.24) is 5.32 Å². The molecule has 0 heterocycles. The van der Waals surface area contributed by atoms with Gasteiger partial charge in [0, 0.05) is 10.5 Å².